The third kappa shape index (κ3) is 4.73. The Morgan fingerprint density at radius 1 is 0.500 bits per heavy atom. The Balaban J connectivity index is 0.00000161. The van der Waals surface area contributed by atoms with E-state index in [-0.39, 0.29) is 24.8 Å². The SMILES string of the molecule is CC1=Cc2c(C)cccc2[CH]1[Zr](=[C](c1ccccc1)c1ccccc1)[CH]1c2ccccc2-c2ccccc21.Cl.Cl. The number of rotatable bonds is 4. The van der Waals surface area contributed by atoms with Crippen LogP contribution in [-0.4, -0.2) is 3.21 Å². The van der Waals surface area contributed by atoms with Gasteiger partial charge in [0.25, 0.3) is 0 Å². The molecule has 0 saturated heterocycles. The van der Waals surface area contributed by atoms with Gasteiger partial charge in [0.1, 0.15) is 0 Å². The smallest absolute Gasteiger partial charge is 0.147 e. The van der Waals surface area contributed by atoms with Gasteiger partial charge in [0, 0.05) is 0 Å². The molecule has 0 saturated carbocycles. The fraction of sp³-hybridized carbons (Fsp3) is 0.108. The van der Waals surface area contributed by atoms with Crippen LogP contribution < -0.4 is 0 Å². The molecule has 3 heteroatoms. The molecule has 5 aromatic rings. The fourth-order valence-corrected chi connectivity index (χ4v) is 17.2. The third-order valence-electron chi connectivity index (χ3n) is 8.37. The van der Waals surface area contributed by atoms with Crippen LogP contribution in [0.2, 0.25) is 0 Å². The van der Waals surface area contributed by atoms with Gasteiger partial charge >= 0.3 is 235 Å². The summed E-state index contributed by atoms with van der Waals surface area (Å²) in [5, 5.41) is 0. The summed E-state index contributed by atoms with van der Waals surface area (Å²) >= 11 is -2.71. The molecule has 0 radical (unpaired) electrons. The van der Waals surface area contributed by atoms with Crippen LogP contribution >= 0.6 is 24.8 Å². The number of allylic oxidation sites excluding steroid dienone is 1. The molecule has 198 valence electrons. The first-order valence-electron chi connectivity index (χ1n) is 13.5. The second kappa shape index (κ2) is 12.0. The van der Waals surface area contributed by atoms with Crippen LogP contribution in [-0.2, 0) is 21.3 Å². The van der Waals surface area contributed by atoms with Gasteiger partial charge in [-0.2, -0.15) is 0 Å². The van der Waals surface area contributed by atoms with Crippen molar-refractivity contribution in [3.8, 4) is 11.1 Å². The summed E-state index contributed by atoms with van der Waals surface area (Å²) in [5.41, 5.74) is 14.6. The first-order chi connectivity index (χ1) is 18.7. The normalized spacial score (nSPS) is 14.7. The van der Waals surface area contributed by atoms with Gasteiger partial charge in [0.15, 0.2) is 0 Å². The van der Waals surface area contributed by atoms with Gasteiger partial charge < -0.3 is 0 Å². The van der Waals surface area contributed by atoms with Gasteiger partial charge in [0.2, 0.25) is 0 Å². The maximum Gasteiger partial charge on any atom is -0.147 e. The average Bonchev–Trinajstić information content (AvgIpc) is 3.48. The van der Waals surface area contributed by atoms with E-state index in [0.717, 1.165) is 0 Å². The zero-order valence-corrected chi connectivity index (χ0v) is 26.8. The van der Waals surface area contributed by atoms with Crippen LogP contribution in [0.25, 0.3) is 17.2 Å². The van der Waals surface area contributed by atoms with Crippen molar-refractivity contribution in [2.24, 2.45) is 0 Å². The number of fused-ring (bicyclic) bond motifs is 4. The van der Waals surface area contributed by atoms with E-state index in [2.05, 4.69) is 147 Å². The number of aryl methyl sites for hydroxylation is 1. The van der Waals surface area contributed by atoms with Crippen molar-refractivity contribution >= 4 is 34.1 Å². The Kier molecular flexibility index (Phi) is 8.58. The van der Waals surface area contributed by atoms with Crippen LogP contribution in [0.4, 0.5) is 0 Å². The molecule has 2 aliphatic rings. The minimum atomic E-state index is -2.71. The van der Waals surface area contributed by atoms with Gasteiger partial charge in [-0.05, 0) is 0 Å². The quantitative estimate of drug-likeness (QED) is 0.184. The van der Waals surface area contributed by atoms with Crippen molar-refractivity contribution in [3.05, 3.63) is 172 Å². The van der Waals surface area contributed by atoms with E-state index in [0.29, 0.717) is 7.25 Å². The summed E-state index contributed by atoms with van der Waals surface area (Å²) < 4.78 is 2.55. The van der Waals surface area contributed by atoms with Crippen molar-refractivity contribution in [1.29, 1.82) is 0 Å². The van der Waals surface area contributed by atoms with Crippen LogP contribution in [0.5, 0.6) is 0 Å². The molecule has 0 aromatic heterocycles. The molecular formula is C37H32Cl2Zr. The molecule has 0 spiro atoms. The largest absolute Gasteiger partial charge is 0.147 e. The van der Waals surface area contributed by atoms with Gasteiger partial charge in [0.05, 0.1) is 0 Å². The summed E-state index contributed by atoms with van der Waals surface area (Å²) in [5.74, 6) is 0. The van der Waals surface area contributed by atoms with Crippen LogP contribution in [0.15, 0.2) is 133 Å². The fourth-order valence-electron chi connectivity index (χ4n) is 6.78. The molecule has 0 fully saturated rings. The van der Waals surface area contributed by atoms with E-state index in [4.69, 9.17) is 0 Å². The van der Waals surface area contributed by atoms with E-state index in [1.807, 2.05) is 0 Å². The third-order valence-corrected chi connectivity index (χ3v) is 17.7. The Bertz CT molecular complexity index is 1650. The average molecular weight is 639 g/mol. The van der Waals surface area contributed by atoms with E-state index in [9.17, 15) is 0 Å². The number of benzene rings is 5. The van der Waals surface area contributed by atoms with Crippen LogP contribution in [0, 0.1) is 6.92 Å². The molecule has 0 N–H and O–H groups in total. The first-order valence-corrected chi connectivity index (χ1v) is 17.6. The van der Waals surface area contributed by atoms with Gasteiger partial charge in [-0.3, -0.25) is 0 Å². The summed E-state index contributed by atoms with van der Waals surface area (Å²) in [6.45, 7) is 4.66. The molecule has 0 amide bonds. The number of hydrogen-bond donors (Lipinski definition) is 0. The summed E-state index contributed by atoms with van der Waals surface area (Å²) in [4.78, 5) is 0. The molecule has 40 heavy (non-hydrogen) atoms. The molecule has 0 nitrogen and oxygen atoms in total. The summed E-state index contributed by atoms with van der Waals surface area (Å²) in [6.07, 6.45) is 2.50. The molecule has 0 heterocycles. The Morgan fingerprint density at radius 2 is 0.975 bits per heavy atom. The van der Waals surface area contributed by atoms with Crippen molar-refractivity contribution in [3.63, 3.8) is 0 Å². The molecule has 7 rings (SSSR count). The maximum atomic E-state index is 2.50. The van der Waals surface area contributed by atoms with E-state index in [1.54, 1.807) is 8.77 Å². The van der Waals surface area contributed by atoms with Crippen molar-refractivity contribution < 1.29 is 21.3 Å². The number of halogens is 2. The predicted molar refractivity (Wildman–Crippen MR) is 172 cm³/mol. The van der Waals surface area contributed by atoms with Crippen LogP contribution in [0.3, 0.4) is 0 Å². The minimum absolute atomic E-state index is 0. The van der Waals surface area contributed by atoms with Gasteiger partial charge in [-0.15, -0.1) is 24.8 Å². The Labute approximate surface area is 257 Å². The molecule has 1 unspecified atom stereocenters. The zero-order chi connectivity index (χ0) is 25.6. The van der Waals surface area contributed by atoms with Crippen molar-refractivity contribution in [2.75, 3.05) is 0 Å². The Hall–Kier alpha value is -2.83. The second-order valence-corrected chi connectivity index (χ2v) is 16.9. The maximum absolute atomic E-state index is 2.71. The van der Waals surface area contributed by atoms with Crippen molar-refractivity contribution in [2.45, 2.75) is 21.1 Å². The zero-order valence-electron chi connectivity index (χ0n) is 22.7. The molecule has 2 aliphatic carbocycles. The second-order valence-electron chi connectivity index (χ2n) is 10.6. The molecular weight excluding hydrogens is 607 g/mol. The topological polar surface area (TPSA) is 0 Å². The van der Waals surface area contributed by atoms with E-state index >= 15 is 0 Å². The molecule has 5 aromatic carbocycles. The predicted octanol–water partition coefficient (Wildman–Crippen LogP) is 9.95. The van der Waals surface area contributed by atoms with Gasteiger partial charge in [-0.25, -0.2) is 0 Å². The number of hydrogen-bond acceptors (Lipinski definition) is 0. The summed E-state index contributed by atoms with van der Waals surface area (Å²) in [7, 11) is 0. The standard InChI is InChI=1S/C13H9.C13H10.C11H11.2ClH.Zr/c1-3-7-12-10(5-1)9-11-6-2-4-8-13(11)12;1-3-7-12(8-4-1)11-13-9-5-2-6-10-13;1-8-6-10-5-3-4-9(2)11(10)7-8;;;/h1-9H;1-10H;3-7H,1-2H3;2*1H;. The van der Waals surface area contributed by atoms with E-state index < -0.39 is 21.3 Å². The van der Waals surface area contributed by atoms with Crippen LogP contribution in [0.1, 0.15) is 53.1 Å². The first kappa shape index (κ1) is 28.7. The van der Waals surface area contributed by atoms with E-state index in [1.165, 1.54) is 50.1 Å². The van der Waals surface area contributed by atoms with Crippen molar-refractivity contribution in [1.82, 2.24) is 0 Å². The molecule has 0 bridgehead atoms. The minimum Gasteiger partial charge on any atom is -0.147 e. The molecule has 1 atom stereocenters. The summed E-state index contributed by atoms with van der Waals surface area (Å²) in [6, 6.07) is 47.9. The Morgan fingerprint density at radius 3 is 1.52 bits per heavy atom. The van der Waals surface area contributed by atoms with Gasteiger partial charge in [-0.1, -0.05) is 0 Å². The monoisotopic (exact) mass is 636 g/mol. The molecule has 0 aliphatic heterocycles.